The summed E-state index contributed by atoms with van der Waals surface area (Å²) in [6.45, 7) is 0. The van der Waals surface area contributed by atoms with Gasteiger partial charge in [-0.3, -0.25) is 9.36 Å². The van der Waals surface area contributed by atoms with Gasteiger partial charge in [-0.15, -0.1) is 0 Å². The third kappa shape index (κ3) is 7.11. The average molecular weight is 452 g/mol. The highest BCUT2D eigenvalue weighted by Crippen LogP contribution is 2.54. The lowest BCUT2D eigenvalue weighted by Gasteiger charge is -2.26. The van der Waals surface area contributed by atoms with Gasteiger partial charge in [0.2, 0.25) is 5.52 Å². The first-order valence-electron chi connectivity index (χ1n) is 10.7. The van der Waals surface area contributed by atoms with Crippen LogP contribution in [0.3, 0.4) is 0 Å². The van der Waals surface area contributed by atoms with E-state index in [4.69, 9.17) is 4.52 Å². The summed E-state index contributed by atoms with van der Waals surface area (Å²) in [4.78, 5) is 24.3. The van der Waals surface area contributed by atoms with Crippen LogP contribution in [0.5, 0.6) is 0 Å². The van der Waals surface area contributed by atoms with Gasteiger partial charge in [0.1, 0.15) is 0 Å². The molecule has 1 aromatic rings. The van der Waals surface area contributed by atoms with Gasteiger partial charge in [-0.1, -0.05) is 42.8 Å². The number of esters is 1. The Labute approximate surface area is 183 Å². The molecule has 31 heavy (non-hydrogen) atoms. The van der Waals surface area contributed by atoms with Crippen LogP contribution in [0.2, 0.25) is 0 Å². The largest absolute Gasteiger partial charge is 0.466 e. The summed E-state index contributed by atoms with van der Waals surface area (Å²) < 4.78 is 23.1. The SMILES string of the molecule is COC(=O)C=CCCCCC1[C@H](O)C[C@H](O)[C@H]1C(=O)P(=O)(CCc1ccccc1)OC. The molecule has 1 saturated carbocycles. The van der Waals surface area contributed by atoms with Crippen LogP contribution in [0.4, 0.5) is 0 Å². The monoisotopic (exact) mass is 452 g/mol. The molecule has 0 amide bonds. The Balaban J connectivity index is 1.99. The second kappa shape index (κ2) is 12.3. The summed E-state index contributed by atoms with van der Waals surface area (Å²) in [6.07, 6.45) is 4.44. The van der Waals surface area contributed by atoms with Crippen LogP contribution >= 0.6 is 7.37 Å². The van der Waals surface area contributed by atoms with Crippen molar-refractivity contribution >= 4 is 18.9 Å². The van der Waals surface area contributed by atoms with E-state index in [9.17, 15) is 24.4 Å². The van der Waals surface area contributed by atoms with Crippen molar-refractivity contribution in [3.05, 3.63) is 48.0 Å². The normalized spacial score (nSPS) is 25.4. The van der Waals surface area contributed by atoms with Crippen molar-refractivity contribution in [1.82, 2.24) is 0 Å². The summed E-state index contributed by atoms with van der Waals surface area (Å²) in [5.74, 6) is -1.78. The molecule has 0 aromatic heterocycles. The molecule has 1 aromatic carbocycles. The van der Waals surface area contributed by atoms with Crippen LogP contribution in [-0.2, 0) is 29.8 Å². The van der Waals surface area contributed by atoms with Crippen molar-refractivity contribution in [3.63, 3.8) is 0 Å². The van der Waals surface area contributed by atoms with Crippen LogP contribution < -0.4 is 0 Å². The number of hydrogen-bond donors (Lipinski definition) is 2. The van der Waals surface area contributed by atoms with Gasteiger partial charge in [0.25, 0.3) is 7.37 Å². The van der Waals surface area contributed by atoms with Gasteiger partial charge in [0.15, 0.2) is 0 Å². The van der Waals surface area contributed by atoms with Crippen LogP contribution in [-0.4, -0.2) is 54.3 Å². The number of benzene rings is 1. The first-order chi connectivity index (χ1) is 14.8. The molecule has 2 N–H and O–H groups in total. The van der Waals surface area contributed by atoms with Crippen molar-refractivity contribution in [2.75, 3.05) is 20.4 Å². The highest BCUT2D eigenvalue weighted by molar-refractivity contribution is 7.76. The Morgan fingerprint density at radius 3 is 2.48 bits per heavy atom. The molecule has 1 aliphatic rings. The fourth-order valence-corrected chi connectivity index (χ4v) is 6.10. The standard InChI is InChI=1S/C23H33O7P/c1-29-21(26)13-9-4-3-8-12-18-19(24)16-20(25)22(18)23(27)31(28,30-2)15-14-17-10-6-5-7-11-17/h5-7,9-11,13,18-20,22,24-25H,3-4,8,12,14-16H2,1-2H3/t18?,19-,20+,22+,31?/m1/s1. The van der Waals surface area contributed by atoms with Crippen LogP contribution in [0.1, 0.15) is 37.7 Å². The van der Waals surface area contributed by atoms with Gasteiger partial charge in [-0.2, -0.15) is 0 Å². The molecular formula is C23H33O7P. The van der Waals surface area contributed by atoms with Gasteiger partial charge < -0.3 is 19.5 Å². The molecule has 8 heteroatoms. The predicted molar refractivity (Wildman–Crippen MR) is 118 cm³/mol. The molecule has 5 atom stereocenters. The van der Waals surface area contributed by atoms with Gasteiger partial charge >= 0.3 is 5.97 Å². The van der Waals surface area contributed by atoms with E-state index >= 15 is 0 Å². The molecule has 0 bridgehead atoms. The molecule has 1 fully saturated rings. The topological polar surface area (TPSA) is 110 Å². The zero-order valence-corrected chi connectivity index (χ0v) is 19.1. The number of allylic oxidation sites excluding steroid dienone is 1. The lowest BCUT2D eigenvalue weighted by molar-refractivity contribution is -0.134. The molecule has 2 rings (SSSR count). The highest BCUT2D eigenvalue weighted by atomic mass is 31.2. The van der Waals surface area contributed by atoms with Gasteiger partial charge in [-0.05, 0) is 37.2 Å². The quantitative estimate of drug-likeness (QED) is 0.217. The number of carbonyl (C=O) groups is 2. The zero-order valence-electron chi connectivity index (χ0n) is 18.2. The molecule has 0 radical (unpaired) electrons. The maximum Gasteiger partial charge on any atom is 0.330 e. The fourth-order valence-electron chi connectivity index (χ4n) is 4.14. The molecule has 0 heterocycles. The number of aliphatic hydroxyl groups is 2. The average Bonchev–Trinajstić information content (AvgIpc) is 3.06. The van der Waals surface area contributed by atoms with E-state index in [1.165, 1.54) is 20.3 Å². The lowest BCUT2D eigenvalue weighted by atomic mass is 9.89. The number of rotatable bonds is 12. The number of unbranched alkanes of at least 4 members (excludes halogenated alkanes) is 2. The van der Waals surface area contributed by atoms with Crippen LogP contribution in [0.15, 0.2) is 42.5 Å². The fraction of sp³-hybridized carbons (Fsp3) is 0.565. The van der Waals surface area contributed by atoms with Gasteiger partial charge in [0, 0.05) is 25.8 Å². The molecule has 172 valence electrons. The Kier molecular flexibility index (Phi) is 10.1. The number of hydrogen-bond acceptors (Lipinski definition) is 7. The minimum absolute atomic E-state index is 0.0662. The van der Waals surface area contributed by atoms with Crippen molar-refractivity contribution in [2.45, 2.75) is 50.7 Å². The Morgan fingerprint density at radius 1 is 1.13 bits per heavy atom. The summed E-state index contributed by atoms with van der Waals surface area (Å²) in [5, 5.41) is 20.9. The number of methoxy groups -OCH3 is 1. The third-order valence-electron chi connectivity index (χ3n) is 5.92. The maximum atomic E-state index is 13.3. The lowest BCUT2D eigenvalue weighted by Crippen LogP contribution is -2.31. The summed E-state index contributed by atoms with van der Waals surface area (Å²) in [5.41, 5.74) is 0.377. The van der Waals surface area contributed by atoms with E-state index in [1.54, 1.807) is 6.08 Å². The van der Waals surface area contributed by atoms with E-state index in [1.807, 2.05) is 30.3 Å². The zero-order chi connectivity index (χ0) is 22.9. The van der Waals surface area contributed by atoms with Gasteiger partial charge in [-0.25, -0.2) is 4.79 Å². The first-order valence-corrected chi connectivity index (χ1v) is 12.5. The van der Waals surface area contributed by atoms with E-state index in [0.29, 0.717) is 25.7 Å². The Morgan fingerprint density at radius 2 is 1.84 bits per heavy atom. The summed E-state index contributed by atoms with van der Waals surface area (Å²) in [6, 6.07) is 9.44. The summed E-state index contributed by atoms with van der Waals surface area (Å²) >= 11 is 0. The third-order valence-corrected chi connectivity index (χ3v) is 8.29. The minimum Gasteiger partial charge on any atom is -0.466 e. The highest BCUT2D eigenvalue weighted by Gasteiger charge is 2.50. The van der Waals surface area contributed by atoms with Crippen LogP contribution in [0, 0.1) is 11.8 Å². The molecule has 0 aliphatic heterocycles. The Bertz CT molecular complexity index is 792. The minimum atomic E-state index is -3.64. The van der Waals surface area contributed by atoms with Crippen molar-refractivity contribution in [3.8, 4) is 0 Å². The summed E-state index contributed by atoms with van der Waals surface area (Å²) in [7, 11) is -1.06. The van der Waals surface area contributed by atoms with Crippen molar-refractivity contribution in [2.24, 2.45) is 11.8 Å². The second-order valence-corrected chi connectivity index (χ2v) is 10.5. The van der Waals surface area contributed by atoms with Crippen molar-refractivity contribution < 1.29 is 33.6 Å². The van der Waals surface area contributed by atoms with E-state index in [0.717, 1.165) is 12.0 Å². The molecule has 2 unspecified atom stereocenters. The first kappa shape index (κ1) is 25.5. The number of aliphatic hydroxyl groups excluding tert-OH is 2. The number of ether oxygens (including phenoxy) is 1. The van der Waals surface area contributed by atoms with E-state index in [2.05, 4.69) is 4.74 Å². The predicted octanol–water partition coefficient (Wildman–Crippen LogP) is 3.33. The Hall–Kier alpha value is -1.79. The molecule has 1 aliphatic carbocycles. The second-order valence-electron chi connectivity index (χ2n) is 7.92. The number of carbonyl (C=O) groups excluding carboxylic acids is 2. The van der Waals surface area contributed by atoms with E-state index in [-0.39, 0.29) is 12.6 Å². The maximum absolute atomic E-state index is 13.3. The van der Waals surface area contributed by atoms with E-state index < -0.39 is 42.9 Å². The molecule has 7 nitrogen and oxygen atoms in total. The molecule has 0 spiro atoms. The molecule has 0 saturated heterocycles. The smallest absolute Gasteiger partial charge is 0.330 e. The van der Waals surface area contributed by atoms with Crippen LogP contribution in [0.25, 0.3) is 0 Å². The van der Waals surface area contributed by atoms with Gasteiger partial charge in [0.05, 0.1) is 25.2 Å². The van der Waals surface area contributed by atoms with Crippen molar-refractivity contribution in [1.29, 1.82) is 0 Å². The molecular weight excluding hydrogens is 419 g/mol. The number of aryl methyl sites for hydroxylation is 1.